The molecule has 0 aliphatic rings. The molecule has 0 bridgehead atoms. The molecule has 0 radical (unpaired) electrons. The largest absolute Gasteiger partial charge is 0.344 e. The summed E-state index contributed by atoms with van der Waals surface area (Å²) in [4.78, 5) is 13.8. The van der Waals surface area contributed by atoms with E-state index in [0.29, 0.717) is 19.5 Å². The summed E-state index contributed by atoms with van der Waals surface area (Å²) in [5.41, 5.74) is 7.05. The van der Waals surface area contributed by atoms with E-state index in [0.717, 1.165) is 5.56 Å². The molecule has 0 aliphatic heterocycles. The number of benzene rings is 1. The average Bonchev–Trinajstić information content (AvgIpc) is 2.98. The molecule has 2 rings (SSSR count). The smallest absolute Gasteiger partial charge is 0.224 e. The van der Waals surface area contributed by atoms with Crippen molar-refractivity contribution in [3.8, 4) is 0 Å². The highest BCUT2D eigenvalue weighted by molar-refractivity contribution is 5.85. The van der Waals surface area contributed by atoms with Crippen LogP contribution in [0.1, 0.15) is 18.0 Å². The summed E-state index contributed by atoms with van der Waals surface area (Å²) in [5, 5.41) is 4.11. The van der Waals surface area contributed by atoms with Gasteiger partial charge < -0.3 is 10.6 Å². The lowest BCUT2D eigenvalue weighted by Gasteiger charge is -2.19. The molecule has 1 unspecified atom stereocenters. The molecule has 2 N–H and O–H groups in total. The molecule has 122 valence electrons. The predicted octanol–water partition coefficient (Wildman–Crippen LogP) is 2.28. The molecule has 1 heterocycles. The van der Waals surface area contributed by atoms with Gasteiger partial charge in [0.25, 0.3) is 0 Å². The third-order valence-electron chi connectivity index (χ3n) is 3.27. The third kappa shape index (κ3) is 6.05. The number of aromatic nitrogens is 2. The standard InChI is InChI=1S/C15H20N4O.2ClH/c1-18(10-11-19-9-5-8-17-19)15(20)12-14(16)13-6-3-2-4-7-13;;/h2-9,14H,10-12,16H2,1H3;2*1H. The first-order chi connectivity index (χ1) is 9.66. The second-order valence-electron chi connectivity index (χ2n) is 4.81. The summed E-state index contributed by atoms with van der Waals surface area (Å²) >= 11 is 0. The fraction of sp³-hybridized carbons (Fsp3) is 0.333. The molecule has 1 amide bonds. The number of carbonyl (C=O) groups is 1. The van der Waals surface area contributed by atoms with Gasteiger partial charge in [-0.1, -0.05) is 30.3 Å². The van der Waals surface area contributed by atoms with Crippen LogP contribution < -0.4 is 5.73 Å². The van der Waals surface area contributed by atoms with E-state index in [1.165, 1.54) is 0 Å². The van der Waals surface area contributed by atoms with Gasteiger partial charge in [-0.05, 0) is 11.6 Å². The van der Waals surface area contributed by atoms with Crippen LogP contribution in [0.5, 0.6) is 0 Å². The first-order valence-electron chi connectivity index (χ1n) is 6.68. The zero-order valence-electron chi connectivity index (χ0n) is 12.5. The molecule has 1 aromatic heterocycles. The van der Waals surface area contributed by atoms with Gasteiger partial charge in [-0.15, -0.1) is 24.8 Å². The van der Waals surface area contributed by atoms with Gasteiger partial charge in [-0.25, -0.2) is 0 Å². The van der Waals surface area contributed by atoms with E-state index in [-0.39, 0.29) is 36.8 Å². The molecule has 0 aliphatic carbocycles. The van der Waals surface area contributed by atoms with E-state index in [1.807, 2.05) is 42.6 Å². The Bertz CT molecular complexity index is 534. The second kappa shape index (κ2) is 10.2. The van der Waals surface area contributed by atoms with Crippen molar-refractivity contribution < 1.29 is 4.79 Å². The number of amides is 1. The van der Waals surface area contributed by atoms with E-state index in [9.17, 15) is 4.79 Å². The van der Waals surface area contributed by atoms with E-state index in [2.05, 4.69) is 5.10 Å². The highest BCUT2D eigenvalue weighted by Gasteiger charge is 2.14. The van der Waals surface area contributed by atoms with Crippen molar-refractivity contribution in [2.75, 3.05) is 13.6 Å². The second-order valence-corrected chi connectivity index (χ2v) is 4.81. The van der Waals surface area contributed by atoms with Crippen LogP contribution in [-0.4, -0.2) is 34.2 Å². The molecule has 22 heavy (non-hydrogen) atoms. The lowest BCUT2D eigenvalue weighted by molar-refractivity contribution is -0.130. The molecule has 0 spiro atoms. The average molecular weight is 345 g/mol. The Kier molecular flexibility index (Phi) is 9.49. The lowest BCUT2D eigenvalue weighted by atomic mass is 10.0. The van der Waals surface area contributed by atoms with Crippen LogP contribution in [0.25, 0.3) is 0 Å². The van der Waals surface area contributed by atoms with Crippen LogP contribution in [0, 0.1) is 0 Å². The zero-order valence-corrected chi connectivity index (χ0v) is 14.1. The molecular weight excluding hydrogens is 323 g/mol. The zero-order chi connectivity index (χ0) is 14.4. The first kappa shape index (κ1) is 20.4. The molecule has 0 saturated carbocycles. The first-order valence-corrected chi connectivity index (χ1v) is 6.68. The fourth-order valence-electron chi connectivity index (χ4n) is 1.97. The van der Waals surface area contributed by atoms with Crippen molar-refractivity contribution in [1.29, 1.82) is 0 Å². The number of hydrogen-bond acceptors (Lipinski definition) is 3. The van der Waals surface area contributed by atoms with E-state index in [1.54, 1.807) is 22.8 Å². The van der Waals surface area contributed by atoms with E-state index in [4.69, 9.17) is 5.73 Å². The van der Waals surface area contributed by atoms with Crippen molar-refractivity contribution in [3.05, 3.63) is 54.4 Å². The van der Waals surface area contributed by atoms with Gasteiger partial charge in [-0.2, -0.15) is 5.10 Å². The minimum absolute atomic E-state index is 0. The molecule has 2 aromatic rings. The van der Waals surface area contributed by atoms with Crippen molar-refractivity contribution in [1.82, 2.24) is 14.7 Å². The SMILES string of the molecule is CN(CCn1cccn1)C(=O)CC(N)c1ccccc1.Cl.Cl. The summed E-state index contributed by atoms with van der Waals surface area (Å²) in [6, 6.07) is 11.3. The lowest BCUT2D eigenvalue weighted by Crippen LogP contribution is -2.32. The van der Waals surface area contributed by atoms with Crippen LogP contribution in [0.2, 0.25) is 0 Å². The Morgan fingerprint density at radius 3 is 2.55 bits per heavy atom. The Labute approximate surface area is 143 Å². The van der Waals surface area contributed by atoms with Gasteiger partial charge in [0.05, 0.1) is 6.54 Å². The van der Waals surface area contributed by atoms with Gasteiger partial charge in [-0.3, -0.25) is 9.48 Å². The third-order valence-corrected chi connectivity index (χ3v) is 3.27. The van der Waals surface area contributed by atoms with Crippen LogP contribution in [0.15, 0.2) is 48.8 Å². The van der Waals surface area contributed by atoms with Crippen LogP contribution >= 0.6 is 24.8 Å². The maximum atomic E-state index is 12.1. The quantitative estimate of drug-likeness (QED) is 0.874. The fourth-order valence-corrected chi connectivity index (χ4v) is 1.97. The van der Waals surface area contributed by atoms with Gasteiger partial charge in [0, 0.05) is 38.4 Å². The van der Waals surface area contributed by atoms with Crippen molar-refractivity contribution in [3.63, 3.8) is 0 Å². The normalized spacial score (nSPS) is 11.0. The summed E-state index contributed by atoms with van der Waals surface area (Å²) in [7, 11) is 1.80. The Balaban J connectivity index is 0.00000220. The minimum atomic E-state index is -0.254. The highest BCUT2D eigenvalue weighted by atomic mass is 35.5. The van der Waals surface area contributed by atoms with Crippen LogP contribution in [-0.2, 0) is 11.3 Å². The molecule has 5 nitrogen and oxygen atoms in total. The monoisotopic (exact) mass is 344 g/mol. The van der Waals surface area contributed by atoms with Gasteiger partial charge in [0.1, 0.15) is 0 Å². The summed E-state index contributed by atoms with van der Waals surface area (Å²) in [6.45, 7) is 1.32. The summed E-state index contributed by atoms with van der Waals surface area (Å²) in [6.07, 6.45) is 3.93. The molecule has 1 atom stereocenters. The number of rotatable bonds is 6. The minimum Gasteiger partial charge on any atom is -0.344 e. The maximum Gasteiger partial charge on any atom is 0.224 e. The van der Waals surface area contributed by atoms with Crippen LogP contribution in [0.3, 0.4) is 0 Å². The Hall–Kier alpha value is -1.56. The summed E-state index contributed by atoms with van der Waals surface area (Å²) < 4.78 is 1.81. The van der Waals surface area contributed by atoms with Crippen molar-refractivity contribution >= 4 is 30.7 Å². The molecule has 0 fully saturated rings. The number of nitrogens with zero attached hydrogens (tertiary/aromatic N) is 3. The summed E-state index contributed by atoms with van der Waals surface area (Å²) in [5.74, 6) is 0.0495. The number of carbonyl (C=O) groups excluding carboxylic acids is 1. The number of halogens is 2. The highest BCUT2D eigenvalue weighted by Crippen LogP contribution is 2.14. The maximum absolute atomic E-state index is 12.1. The predicted molar refractivity (Wildman–Crippen MR) is 92.3 cm³/mol. The molecule has 0 saturated heterocycles. The van der Waals surface area contributed by atoms with Gasteiger partial charge in [0.15, 0.2) is 0 Å². The van der Waals surface area contributed by atoms with Crippen LogP contribution in [0.4, 0.5) is 0 Å². The van der Waals surface area contributed by atoms with Crippen molar-refractivity contribution in [2.45, 2.75) is 19.0 Å². The molecular formula is C15H22Cl2N4O. The number of nitrogens with two attached hydrogens (primary N) is 1. The van der Waals surface area contributed by atoms with Gasteiger partial charge >= 0.3 is 0 Å². The Morgan fingerprint density at radius 1 is 1.27 bits per heavy atom. The number of hydrogen-bond donors (Lipinski definition) is 1. The Morgan fingerprint density at radius 2 is 1.95 bits per heavy atom. The van der Waals surface area contributed by atoms with Gasteiger partial charge in [0.2, 0.25) is 5.91 Å². The van der Waals surface area contributed by atoms with Crippen molar-refractivity contribution in [2.24, 2.45) is 5.73 Å². The van der Waals surface area contributed by atoms with E-state index < -0.39 is 0 Å². The molecule has 1 aromatic carbocycles. The molecule has 7 heteroatoms. The van der Waals surface area contributed by atoms with E-state index >= 15 is 0 Å². The number of likely N-dealkylation sites (N-methyl/N-ethyl adjacent to an activating group) is 1. The topological polar surface area (TPSA) is 64.2 Å².